The molecule has 1 amide bonds. The van der Waals surface area contributed by atoms with Crippen LogP contribution >= 0.6 is 0 Å². The molecule has 0 heterocycles. The second kappa shape index (κ2) is 5.29. The summed E-state index contributed by atoms with van der Waals surface area (Å²) in [6.45, 7) is 4.57. The number of rotatable bonds is 4. The van der Waals surface area contributed by atoms with E-state index < -0.39 is 46.5 Å². The van der Waals surface area contributed by atoms with Crippen LogP contribution in [-0.4, -0.2) is 16.9 Å². The number of halogens is 4. The Kier molecular flexibility index (Phi) is 4.39. The van der Waals surface area contributed by atoms with Crippen molar-refractivity contribution in [2.24, 2.45) is 11.1 Å². The van der Waals surface area contributed by atoms with E-state index in [0.29, 0.717) is 12.1 Å². The largest absolute Gasteiger partial charge is 0.378 e. The number of alkyl halides is 2. The summed E-state index contributed by atoms with van der Waals surface area (Å²) in [6, 6.07) is 1.77. The monoisotopic (exact) mass is 307 g/mol. The van der Waals surface area contributed by atoms with E-state index in [1.807, 2.05) is 0 Å². The van der Waals surface area contributed by atoms with Crippen LogP contribution in [0.1, 0.15) is 32.8 Å². The number of aliphatic hydroxyl groups is 1. The smallest absolute Gasteiger partial charge is 0.356 e. The van der Waals surface area contributed by atoms with Crippen molar-refractivity contribution >= 4 is 5.91 Å². The van der Waals surface area contributed by atoms with Crippen LogP contribution < -0.4 is 5.73 Å². The lowest BCUT2D eigenvalue weighted by atomic mass is 9.74. The fraction of sp³-hybridized carbons (Fsp3) is 0.500. The molecule has 0 saturated carbocycles. The first kappa shape index (κ1) is 17.4. The Balaban J connectivity index is 3.55. The molecule has 7 heteroatoms. The molecule has 0 saturated heterocycles. The first-order chi connectivity index (χ1) is 9.31. The van der Waals surface area contributed by atoms with Crippen molar-refractivity contribution in [3.8, 4) is 0 Å². The third-order valence-corrected chi connectivity index (χ3v) is 2.99. The quantitative estimate of drug-likeness (QED) is 0.840. The first-order valence-electron chi connectivity index (χ1n) is 6.17. The Morgan fingerprint density at radius 1 is 1.24 bits per heavy atom. The average molecular weight is 307 g/mol. The van der Waals surface area contributed by atoms with E-state index in [1.165, 1.54) is 20.8 Å². The number of carbonyl (C=O) groups excluding carboxylic acids is 1. The van der Waals surface area contributed by atoms with Gasteiger partial charge in [0.2, 0.25) is 0 Å². The first-order valence-corrected chi connectivity index (χ1v) is 6.17. The van der Waals surface area contributed by atoms with E-state index in [9.17, 15) is 27.5 Å². The Morgan fingerprint density at radius 3 is 2.14 bits per heavy atom. The van der Waals surface area contributed by atoms with Gasteiger partial charge < -0.3 is 10.8 Å². The fourth-order valence-electron chi connectivity index (χ4n) is 2.17. The zero-order valence-electron chi connectivity index (χ0n) is 11.9. The van der Waals surface area contributed by atoms with E-state index in [1.54, 1.807) is 0 Å². The van der Waals surface area contributed by atoms with E-state index in [2.05, 4.69) is 5.73 Å². The van der Waals surface area contributed by atoms with Gasteiger partial charge in [-0.1, -0.05) is 26.8 Å². The molecule has 0 spiro atoms. The number of nitrogens with two attached hydrogens (primary N) is 1. The summed E-state index contributed by atoms with van der Waals surface area (Å²) >= 11 is 0. The molecule has 3 N–H and O–H groups in total. The van der Waals surface area contributed by atoms with Crippen molar-refractivity contribution in [1.82, 2.24) is 0 Å². The summed E-state index contributed by atoms with van der Waals surface area (Å²) in [5.74, 6) is -8.86. The standard InChI is InChI=1S/C14H17F4NO2/c1-12(2,3)7-13(21,14(17,18)11(19)20)9-5-4-8(15)6-10(9)16/h4-6,21H,7H2,1-3H3,(H2,19,20). The van der Waals surface area contributed by atoms with Crippen molar-refractivity contribution in [3.63, 3.8) is 0 Å². The number of carbonyl (C=O) groups is 1. The van der Waals surface area contributed by atoms with Gasteiger partial charge in [0.15, 0.2) is 5.60 Å². The summed E-state index contributed by atoms with van der Waals surface area (Å²) in [7, 11) is 0. The Labute approximate surface area is 119 Å². The van der Waals surface area contributed by atoms with Gasteiger partial charge in [-0.2, -0.15) is 8.78 Å². The van der Waals surface area contributed by atoms with Gasteiger partial charge in [0.25, 0.3) is 5.91 Å². The average Bonchev–Trinajstić information content (AvgIpc) is 2.25. The van der Waals surface area contributed by atoms with Crippen molar-refractivity contribution in [1.29, 1.82) is 0 Å². The lowest BCUT2D eigenvalue weighted by Crippen LogP contribution is -2.55. The summed E-state index contributed by atoms with van der Waals surface area (Å²) < 4.78 is 55.0. The molecule has 118 valence electrons. The predicted molar refractivity (Wildman–Crippen MR) is 68.5 cm³/mol. The predicted octanol–water partition coefficient (Wildman–Crippen LogP) is 2.71. The third-order valence-electron chi connectivity index (χ3n) is 2.99. The minimum absolute atomic E-state index is 0.361. The van der Waals surface area contributed by atoms with E-state index >= 15 is 0 Å². The molecular weight excluding hydrogens is 290 g/mol. The number of primary amides is 1. The third kappa shape index (κ3) is 3.34. The fourth-order valence-corrected chi connectivity index (χ4v) is 2.17. The van der Waals surface area contributed by atoms with Gasteiger partial charge in [-0.15, -0.1) is 0 Å². The van der Waals surface area contributed by atoms with Gasteiger partial charge in [-0.05, 0) is 17.9 Å². The van der Waals surface area contributed by atoms with Crippen LogP contribution in [0.3, 0.4) is 0 Å². The molecule has 3 nitrogen and oxygen atoms in total. The lowest BCUT2D eigenvalue weighted by Gasteiger charge is -2.38. The summed E-state index contributed by atoms with van der Waals surface area (Å²) in [5.41, 5.74) is -0.278. The zero-order valence-corrected chi connectivity index (χ0v) is 11.9. The zero-order chi connectivity index (χ0) is 16.6. The highest BCUT2D eigenvalue weighted by molar-refractivity contribution is 5.83. The molecular formula is C14H17F4NO2. The molecule has 1 unspecified atom stereocenters. The van der Waals surface area contributed by atoms with Crippen LogP contribution in [0.5, 0.6) is 0 Å². The highest BCUT2D eigenvalue weighted by Gasteiger charge is 2.60. The normalized spacial score (nSPS) is 15.6. The van der Waals surface area contributed by atoms with E-state index in [0.717, 1.165) is 6.07 Å². The maximum absolute atomic E-state index is 14.1. The highest BCUT2D eigenvalue weighted by Crippen LogP contribution is 2.46. The molecule has 0 radical (unpaired) electrons. The number of benzene rings is 1. The number of amides is 1. The van der Waals surface area contributed by atoms with Crippen molar-refractivity contribution in [3.05, 3.63) is 35.4 Å². The Morgan fingerprint density at radius 2 is 1.76 bits per heavy atom. The molecule has 0 aliphatic heterocycles. The van der Waals surface area contributed by atoms with Crippen LogP contribution in [0.2, 0.25) is 0 Å². The van der Waals surface area contributed by atoms with Crippen molar-refractivity contribution < 1.29 is 27.5 Å². The summed E-state index contributed by atoms with van der Waals surface area (Å²) in [4.78, 5) is 11.0. The van der Waals surface area contributed by atoms with Crippen LogP contribution in [0.25, 0.3) is 0 Å². The second-order valence-corrected chi connectivity index (χ2v) is 6.16. The van der Waals surface area contributed by atoms with Crippen LogP contribution in [0, 0.1) is 17.0 Å². The van der Waals surface area contributed by atoms with Gasteiger partial charge in [0.05, 0.1) is 0 Å². The highest BCUT2D eigenvalue weighted by atomic mass is 19.3. The minimum Gasteiger partial charge on any atom is -0.378 e. The molecule has 1 aromatic rings. The molecule has 1 rings (SSSR count). The second-order valence-electron chi connectivity index (χ2n) is 6.16. The maximum Gasteiger partial charge on any atom is 0.356 e. The van der Waals surface area contributed by atoms with Gasteiger partial charge in [0, 0.05) is 11.6 Å². The minimum atomic E-state index is -4.42. The summed E-state index contributed by atoms with van der Waals surface area (Å²) in [5, 5.41) is 10.4. The van der Waals surface area contributed by atoms with Gasteiger partial charge >= 0.3 is 5.92 Å². The van der Waals surface area contributed by atoms with Crippen LogP contribution in [0.4, 0.5) is 17.6 Å². The van der Waals surface area contributed by atoms with Crippen LogP contribution in [-0.2, 0) is 10.4 Å². The summed E-state index contributed by atoms with van der Waals surface area (Å²) in [6.07, 6.45) is -0.654. The molecule has 1 aromatic carbocycles. The maximum atomic E-state index is 14.1. The van der Waals surface area contributed by atoms with Crippen molar-refractivity contribution in [2.45, 2.75) is 38.7 Å². The molecule has 0 aliphatic rings. The molecule has 0 bridgehead atoms. The van der Waals surface area contributed by atoms with Gasteiger partial charge in [-0.3, -0.25) is 4.79 Å². The number of hydrogen-bond acceptors (Lipinski definition) is 2. The molecule has 21 heavy (non-hydrogen) atoms. The lowest BCUT2D eigenvalue weighted by molar-refractivity contribution is -0.203. The van der Waals surface area contributed by atoms with E-state index in [-0.39, 0.29) is 0 Å². The van der Waals surface area contributed by atoms with Gasteiger partial charge in [0.1, 0.15) is 11.6 Å². The van der Waals surface area contributed by atoms with E-state index in [4.69, 9.17) is 0 Å². The molecule has 0 fully saturated rings. The Hall–Kier alpha value is -1.63. The molecule has 0 aliphatic carbocycles. The van der Waals surface area contributed by atoms with Gasteiger partial charge in [-0.25, -0.2) is 8.78 Å². The van der Waals surface area contributed by atoms with Crippen molar-refractivity contribution in [2.75, 3.05) is 0 Å². The Bertz CT molecular complexity index is 554. The molecule has 0 aromatic heterocycles. The van der Waals surface area contributed by atoms with Crippen LogP contribution in [0.15, 0.2) is 18.2 Å². The molecule has 1 atom stereocenters. The topological polar surface area (TPSA) is 63.3 Å². The number of hydrogen-bond donors (Lipinski definition) is 2. The SMILES string of the molecule is CC(C)(C)CC(O)(c1ccc(F)cc1F)C(F)(F)C(N)=O.